The molecule has 1 saturated heterocycles. The van der Waals surface area contributed by atoms with Crippen molar-refractivity contribution in [1.82, 2.24) is 19.7 Å². The fourth-order valence-corrected chi connectivity index (χ4v) is 3.58. The molecule has 1 atom stereocenters. The molecule has 132 valence electrons. The second-order valence-electron chi connectivity index (χ2n) is 6.73. The molecule has 0 saturated carbocycles. The molecule has 0 bridgehead atoms. The monoisotopic (exact) mass is 346 g/mol. The SMILES string of the molecule is Cc1nc(-c2ccccc2)ccc1C(=O)N1CCCC(n2cccn2)C1. The van der Waals surface area contributed by atoms with Gasteiger partial charge in [0.15, 0.2) is 0 Å². The van der Waals surface area contributed by atoms with Crippen LogP contribution in [0.2, 0.25) is 0 Å². The number of hydrogen-bond acceptors (Lipinski definition) is 3. The first-order valence-electron chi connectivity index (χ1n) is 9.04. The van der Waals surface area contributed by atoms with E-state index in [1.54, 1.807) is 6.20 Å². The van der Waals surface area contributed by atoms with Gasteiger partial charge in [0.1, 0.15) is 0 Å². The van der Waals surface area contributed by atoms with Crippen LogP contribution in [0.3, 0.4) is 0 Å². The van der Waals surface area contributed by atoms with Crippen molar-refractivity contribution in [3.05, 3.63) is 72.2 Å². The molecule has 3 heterocycles. The molecule has 0 aliphatic carbocycles. The van der Waals surface area contributed by atoms with E-state index in [0.717, 1.165) is 36.3 Å². The van der Waals surface area contributed by atoms with Gasteiger partial charge in [0, 0.05) is 31.0 Å². The van der Waals surface area contributed by atoms with E-state index in [1.165, 1.54) is 0 Å². The first-order chi connectivity index (χ1) is 12.7. The van der Waals surface area contributed by atoms with E-state index in [4.69, 9.17) is 0 Å². The summed E-state index contributed by atoms with van der Waals surface area (Å²) in [6.45, 7) is 3.39. The summed E-state index contributed by atoms with van der Waals surface area (Å²) in [5.74, 6) is 0.0615. The number of likely N-dealkylation sites (tertiary alicyclic amines) is 1. The lowest BCUT2D eigenvalue weighted by atomic mass is 10.0. The Kier molecular flexibility index (Phi) is 4.52. The van der Waals surface area contributed by atoms with Crippen molar-refractivity contribution in [2.24, 2.45) is 0 Å². The molecule has 5 nitrogen and oxygen atoms in total. The molecular weight excluding hydrogens is 324 g/mol. The third-order valence-electron chi connectivity index (χ3n) is 4.97. The first-order valence-corrected chi connectivity index (χ1v) is 9.04. The molecule has 1 amide bonds. The number of aromatic nitrogens is 3. The van der Waals surface area contributed by atoms with E-state index in [9.17, 15) is 4.79 Å². The number of pyridine rings is 1. The van der Waals surface area contributed by atoms with E-state index in [2.05, 4.69) is 10.1 Å². The zero-order valence-corrected chi connectivity index (χ0v) is 14.9. The van der Waals surface area contributed by atoms with Crippen molar-refractivity contribution in [2.75, 3.05) is 13.1 Å². The van der Waals surface area contributed by atoms with Crippen LogP contribution in [0.1, 0.15) is 34.9 Å². The predicted molar refractivity (Wildman–Crippen MR) is 101 cm³/mol. The number of carbonyl (C=O) groups is 1. The second-order valence-corrected chi connectivity index (χ2v) is 6.73. The average Bonchev–Trinajstić information content (AvgIpc) is 3.23. The summed E-state index contributed by atoms with van der Waals surface area (Å²) in [5, 5.41) is 4.34. The van der Waals surface area contributed by atoms with Gasteiger partial charge in [0.05, 0.1) is 23.0 Å². The number of carbonyl (C=O) groups excluding carboxylic acids is 1. The Hall–Kier alpha value is -2.95. The van der Waals surface area contributed by atoms with Crippen LogP contribution in [0.5, 0.6) is 0 Å². The number of piperidine rings is 1. The summed E-state index contributed by atoms with van der Waals surface area (Å²) in [6, 6.07) is 16.1. The molecule has 3 aromatic rings. The quantitative estimate of drug-likeness (QED) is 0.726. The Labute approximate surface area is 153 Å². The lowest BCUT2D eigenvalue weighted by Gasteiger charge is -2.33. The number of hydrogen-bond donors (Lipinski definition) is 0. The van der Waals surface area contributed by atoms with Crippen molar-refractivity contribution in [1.29, 1.82) is 0 Å². The maximum absolute atomic E-state index is 13.0. The molecule has 0 spiro atoms. The fraction of sp³-hybridized carbons (Fsp3) is 0.286. The van der Waals surface area contributed by atoms with Gasteiger partial charge in [-0.2, -0.15) is 5.10 Å². The third-order valence-corrected chi connectivity index (χ3v) is 4.97. The molecule has 5 heteroatoms. The molecule has 1 aromatic carbocycles. The van der Waals surface area contributed by atoms with Gasteiger partial charge in [-0.25, -0.2) is 0 Å². The van der Waals surface area contributed by atoms with Gasteiger partial charge in [-0.15, -0.1) is 0 Å². The van der Waals surface area contributed by atoms with Crippen LogP contribution in [0.15, 0.2) is 60.9 Å². The molecule has 2 aromatic heterocycles. The summed E-state index contributed by atoms with van der Waals surface area (Å²) in [6.07, 6.45) is 5.80. The van der Waals surface area contributed by atoms with Gasteiger partial charge >= 0.3 is 0 Å². The first kappa shape index (κ1) is 16.5. The fourth-order valence-electron chi connectivity index (χ4n) is 3.58. The zero-order chi connectivity index (χ0) is 17.9. The molecule has 4 rings (SSSR count). The van der Waals surface area contributed by atoms with Gasteiger partial charge in [0.25, 0.3) is 5.91 Å². The molecule has 1 aliphatic rings. The minimum absolute atomic E-state index is 0.0615. The highest BCUT2D eigenvalue weighted by Crippen LogP contribution is 2.24. The maximum Gasteiger partial charge on any atom is 0.255 e. The Morgan fingerprint density at radius 3 is 2.69 bits per heavy atom. The highest BCUT2D eigenvalue weighted by molar-refractivity contribution is 5.95. The van der Waals surface area contributed by atoms with Gasteiger partial charge in [-0.1, -0.05) is 30.3 Å². The normalized spacial score (nSPS) is 17.3. The van der Waals surface area contributed by atoms with Gasteiger partial charge < -0.3 is 4.90 Å². The highest BCUT2D eigenvalue weighted by Gasteiger charge is 2.26. The van der Waals surface area contributed by atoms with E-state index < -0.39 is 0 Å². The third kappa shape index (κ3) is 3.25. The molecule has 0 radical (unpaired) electrons. The molecule has 1 aliphatic heterocycles. The number of benzene rings is 1. The van der Waals surface area contributed by atoms with Crippen LogP contribution >= 0.6 is 0 Å². The van der Waals surface area contributed by atoms with Crippen LogP contribution in [-0.4, -0.2) is 38.7 Å². The Balaban J connectivity index is 1.54. The second kappa shape index (κ2) is 7.12. The maximum atomic E-state index is 13.0. The average molecular weight is 346 g/mol. The minimum Gasteiger partial charge on any atom is -0.336 e. The van der Waals surface area contributed by atoms with E-state index in [-0.39, 0.29) is 11.9 Å². The zero-order valence-electron chi connectivity index (χ0n) is 14.9. The number of nitrogens with zero attached hydrogens (tertiary/aromatic N) is 4. The van der Waals surface area contributed by atoms with Gasteiger partial charge in [-0.3, -0.25) is 14.5 Å². The van der Waals surface area contributed by atoms with Crippen LogP contribution in [-0.2, 0) is 0 Å². The molecule has 26 heavy (non-hydrogen) atoms. The summed E-state index contributed by atoms with van der Waals surface area (Å²) < 4.78 is 1.96. The standard InChI is InChI=1S/C21H22N4O/c1-16-19(10-11-20(23-16)17-7-3-2-4-8-17)21(26)24-13-5-9-18(15-24)25-14-6-12-22-25/h2-4,6-8,10-12,14,18H,5,9,13,15H2,1H3. The summed E-state index contributed by atoms with van der Waals surface area (Å²) >= 11 is 0. The van der Waals surface area contributed by atoms with Gasteiger partial charge in [-0.05, 0) is 38.0 Å². The Bertz CT molecular complexity index is 890. The summed E-state index contributed by atoms with van der Waals surface area (Å²) in [7, 11) is 0. The Morgan fingerprint density at radius 2 is 1.96 bits per heavy atom. The number of rotatable bonds is 3. The van der Waals surface area contributed by atoms with Crippen LogP contribution in [0.4, 0.5) is 0 Å². The van der Waals surface area contributed by atoms with E-state index in [0.29, 0.717) is 12.1 Å². The topological polar surface area (TPSA) is 51.0 Å². The molecule has 1 fully saturated rings. The van der Waals surface area contributed by atoms with Crippen LogP contribution in [0, 0.1) is 6.92 Å². The Morgan fingerprint density at radius 1 is 1.12 bits per heavy atom. The molecular formula is C21H22N4O. The largest absolute Gasteiger partial charge is 0.336 e. The lowest BCUT2D eigenvalue weighted by molar-refractivity contribution is 0.0671. The minimum atomic E-state index is 0.0615. The van der Waals surface area contributed by atoms with Gasteiger partial charge in [0.2, 0.25) is 0 Å². The predicted octanol–water partition coefficient (Wildman–Crippen LogP) is 3.73. The van der Waals surface area contributed by atoms with Crippen molar-refractivity contribution in [3.63, 3.8) is 0 Å². The molecule has 1 unspecified atom stereocenters. The summed E-state index contributed by atoms with van der Waals surface area (Å²) in [4.78, 5) is 19.6. The number of amides is 1. The van der Waals surface area contributed by atoms with Crippen molar-refractivity contribution in [3.8, 4) is 11.3 Å². The van der Waals surface area contributed by atoms with E-state index >= 15 is 0 Å². The highest BCUT2D eigenvalue weighted by atomic mass is 16.2. The smallest absolute Gasteiger partial charge is 0.255 e. The van der Waals surface area contributed by atoms with Crippen LogP contribution < -0.4 is 0 Å². The van der Waals surface area contributed by atoms with E-state index in [1.807, 2.05) is 71.2 Å². The number of aryl methyl sites for hydroxylation is 1. The van der Waals surface area contributed by atoms with Crippen LogP contribution in [0.25, 0.3) is 11.3 Å². The van der Waals surface area contributed by atoms with Crippen molar-refractivity contribution < 1.29 is 4.79 Å². The van der Waals surface area contributed by atoms with Crippen molar-refractivity contribution in [2.45, 2.75) is 25.8 Å². The lowest BCUT2D eigenvalue weighted by Crippen LogP contribution is -2.41. The summed E-state index contributed by atoms with van der Waals surface area (Å²) in [5.41, 5.74) is 3.42. The molecule has 0 N–H and O–H groups in total. The van der Waals surface area contributed by atoms with Crippen molar-refractivity contribution >= 4 is 5.91 Å².